The zero-order valence-corrected chi connectivity index (χ0v) is 33.7. The standard InChI is InChI=1S/C60H36N2/c1-2-15-42(16-3-1)61-55-23-9-8-20-48(55)54-34-39(27-32-57(54)61)40-25-29-49-52-30-24-37-12-4-5-17-44(37)60(52)62(58(49)36-40)56-33-31-43(45-18-6-7-19-47(45)56)41-26-28-46-50-21-10-13-38-14-11-22-51(59(38)50)53(46)35-41/h1-36H. The van der Waals surface area contributed by atoms with E-state index in [1.54, 1.807) is 0 Å². The van der Waals surface area contributed by atoms with Crippen molar-refractivity contribution in [2.24, 2.45) is 0 Å². The summed E-state index contributed by atoms with van der Waals surface area (Å²) in [5, 5.41) is 12.6. The molecule has 0 spiro atoms. The third kappa shape index (κ3) is 4.64. The van der Waals surface area contributed by atoms with Gasteiger partial charge in [0.2, 0.25) is 0 Å². The van der Waals surface area contributed by atoms with E-state index in [-0.39, 0.29) is 0 Å². The molecular weight excluding hydrogens is 749 g/mol. The number of aromatic nitrogens is 2. The summed E-state index contributed by atoms with van der Waals surface area (Å²) in [5.41, 5.74) is 17.3. The molecule has 13 aromatic rings. The molecule has 14 rings (SSSR count). The Balaban J connectivity index is 0.993. The minimum Gasteiger partial charge on any atom is -0.309 e. The molecule has 0 radical (unpaired) electrons. The normalized spacial score (nSPS) is 12.2. The average Bonchev–Trinajstić information content (AvgIpc) is 3.97. The second kappa shape index (κ2) is 12.7. The molecule has 2 heteroatoms. The predicted molar refractivity (Wildman–Crippen MR) is 263 cm³/mol. The first-order valence-electron chi connectivity index (χ1n) is 21.5. The van der Waals surface area contributed by atoms with Gasteiger partial charge in [0.1, 0.15) is 0 Å². The SMILES string of the molecule is c1ccc(-n2c3ccccc3c3cc(-c4ccc5c6ccc7ccccc7c6n(-c6ccc(-c7ccc8c(c7)-c7cccc9cccc-8c79)c7ccccc67)c5c4)ccc32)cc1. The van der Waals surface area contributed by atoms with Gasteiger partial charge in [-0.25, -0.2) is 0 Å². The van der Waals surface area contributed by atoms with E-state index in [0.717, 1.165) is 0 Å². The highest BCUT2D eigenvalue weighted by atomic mass is 15.0. The summed E-state index contributed by atoms with van der Waals surface area (Å²) in [6.45, 7) is 0. The van der Waals surface area contributed by atoms with Gasteiger partial charge in [-0.2, -0.15) is 0 Å². The molecule has 1 aliphatic rings. The number of hydrogen-bond donors (Lipinski definition) is 0. The second-order valence-corrected chi connectivity index (χ2v) is 16.8. The molecule has 0 amide bonds. The van der Waals surface area contributed by atoms with Crippen LogP contribution < -0.4 is 0 Å². The fourth-order valence-corrected chi connectivity index (χ4v) is 10.9. The van der Waals surface area contributed by atoms with Crippen LogP contribution >= 0.6 is 0 Å². The zero-order valence-electron chi connectivity index (χ0n) is 33.7. The van der Waals surface area contributed by atoms with Gasteiger partial charge in [-0.1, -0.05) is 170 Å². The molecule has 0 aliphatic heterocycles. The van der Waals surface area contributed by atoms with Crippen LogP contribution in [0, 0.1) is 0 Å². The van der Waals surface area contributed by atoms with Gasteiger partial charge < -0.3 is 9.13 Å². The highest BCUT2D eigenvalue weighted by molar-refractivity contribution is 6.21. The van der Waals surface area contributed by atoms with E-state index in [0.29, 0.717) is 0 Å². The summed E-state index contributed by atoms with van der Waals surface area (Å²) in [6, 6.07) is 81.1. The highest BCUT2D eigenvalue weighted by Crippen LogP contribution is 2.49. The Morgan fingerprint density at radius 2 is 0.887 bits per heavy atom. The summed E-state index contributed by atoms with van der Waals surface area (Å²) < 4.78 is 4.93. The molecule has 0 saturated heterocycles. The minimum absolute atomic E-state index is 1.17. The van der Waals surface area contributed by atoms with Crippen LogP contribution in [0.1, 0.15) is 0 Å². The topological polar surface area (TPSA) is 9.86 Å². The lowest BCUT2D eigenvalue weighted by atomic mass is 9.93. The van der Waals surface area contributed by atoms with Crippen LogP contribution in [0.15, 0.2) is 218 Å². The first-order valence-corrected chi connectivity index (χ1v) is 21.5. The molecule has 0 bridgehead atoms. The van der Waals surface area contributed by atoms with Crippen LogP contribution in [-0.2, 0) is 0 Å². The van der Waals surface area contributed by atoms with Crippen molar-refractivity contribution < 1.29 is 0 Å². The van der Waals surface area contributed by atoms with E-state index in [1.807, 2.05) is 0 Å². The van der Waals surface area contributed by atoms with Gasteiger partial charge in [-0.15, -0.1) is 0 Å². The van der Waals surface area contributed by atoms with E-state index in [9.17, 15) is 0 Å². The van der Waals surface area contributed by atoms with Crippen LogP contribution in [0.4, 0.5) is 0 Å². The smallest absolute Gasteiger partial charge is 0.0619 e. The molecule has 286 valence electrons. The molecule has 62 heavy (non-hydrogen) atoms. The zero-order chi connectivity index (χ0) is 40.5. The number of benzene rings is 11. The van der Waals surface area contributed by atoms with E-state index in [1.165, 1.54) is 132 Å². The molecule has 2 heterocycles. The molecule has 2 aromatic heterocycles. The number of para-hydroxylation sites is 2. The van der Waals surface area contributed by atoms with Gasteiger partial charge >= 0.3 is 0 Å². The van der Waals surface area contributed by atoms with Crippen LogP contribution in [0.2, 0.25) is 0 Å². The lowest BCUT2D eigenvalue weighted by molar-refractivity contribution is 1.18. The molecule has 0 fully saturated rings. The van der Waals surface area contributed by atoms with Crippen molar-refractivity contribution in [2.45, 2.75) is 0 Å². The molecular formula is C60H36N2. The van der Waals surface area contributed by atoms with Crippen molar-refractivity contribution >= 4 is 75.9 Å². The third-order valence-corrected chi connectivity index (χ3v) is 13.6. The summed E-state index contributed by atoms with van der Waals surface area (Å²) >= 11 is 0. The molecule has 0 N–H and O–H groups in total. The Labute approximate surface area is 357 Å². The number of fused-ring (bicyclic) bond motifs is 12. The van der Waals surface area contributed by atoms with E-state index < -0.39 is 0 Å². The van der Waals surface area contributed by atoms with Crippen LogP contribution in [-0.4, -0.2) is 9.13 Å². The van der Waals surface area contributed by atoms with Gasteiger partial charge in [0, 0.05) is 38.0 Å². The quantitative estimate of drug-likeness (QED) is 0.168. The van der Waals surface area contributed by atoms with Crippen molar-refractivity contribution in [3.8, 4) is 55.9 Å². The Morgan fingerprint density at radius 1 is 0.258 bits per heavy atom. The maximum absolute atomic E-state index is 2.54. The van der Waals surface area contributed by atoms with Gasteiger partial charge in [0.15, 0.2) is 0 Å². The maximum Gasteiger partial charge on any atom is 0.0619 e. The minimum atomic E-state index is 1.17. The number of nitrogens with zero attached hydrogens (tertiary/aromatic N) is 2. The maximum atomic E-state index is 2.54. The molecule has 0 atom stereocenters. The molecule has 0 saturated carbocycles. The predicted octanol–water partition coefficient (Wildman–Crippen LogP) is 16.3. The molecule has 0 unspecified atom stereocenters. The van der Waals surface area contributed by atoms with Gasteiger partial charge in [-0.05, 0) is 115 Å². The van der Waals surface area contributed by atoms with E-state index in [2.05, 4.69) is 228 Å². The van der Waals surface area contributed by atoms with Crippen molar-refractivity contribution in [3.63, 3.8) is 0 Å². The second-order valence-electron chi connectivity index (χ2n) is 16.8. The van der Waals surface area contributed by atoms with Gasteiger partial charge in [0.05, 0.1) is 27.8 Å². The summed E-state index contributed by atoms with van der Waals surface area (Å²) in [6.07, 6.45) is 0. The molecule has 11 aromatic carbocycles. The monoisotopic (exact) mass is 784 g/mol. The van der Waals surface area contributed by atoms with E-state index in [4.69, 9.17) is 0 Å². The Kier molecular flexibility index (Phi) is 6.86. The van der Waals surface area contributed by atoms with E-state index >= 15 is 0 Å². The fraction of sp³-hybridized carbons (Fsp3) is 0. The first kappa shape index (κ1) is 33.6. The Bertz CT molecular complexity index is 4030. The van der Waals surface area contributed by atoms with Crippen molar-refractivity contribution in [1.82, 2.24) is 9.13 Å². The summed E-state index contributed by atoms with van der Waals surface area (Å²) in [5.74, 6) is 0. The third-order valence-electron chi connectivity index (χ3n) is 13.6. The largest absolute Gasteiger partial charge is 0.309 e. The first-order chi connectivity index (χ1) is 30.8. The Morgan fingerprint density at radius 3 is 1.76 bits per heavy atom. The van der Waals surface area contributed by atoms with Crippen molar-refractivity contribution in [1.29, 1.82) is 0 Å². The average molecular weight is 785 g/mol. The van der Waals surface area contributed by atoms with Gasteiger partial charge in [-0.3, -0.25) is 0 Å². The van der Waals surface area contributed by atoms with Crippen LogP contribution in [0.3, 0.4) is 0 Å². The number of rotatable bonds is 4. The molecule has 1 aliphatic carbocycles. The highest BCUT2D eigenvalue weighted by Gasteiger charge is 2.23. The number of hydrogen-bond acceptors (Lipinski definition) is 0. The van der Waals surface area contributed by atoms with Gasteiger partial charge in [0.25, 0.3) is 0 Å². The van der Waals surface area contributed by atoms with Crippen molar-refractivity contribution in [2.75, 3.05) is 0 Å². The summed E-state index contributed by atoms with van der Waals surface area (Å²) in [7, 11) is 0. The molecule has 2 nitrogen and oxygen atoms in total. The Hall–Kier alpha value is -8.20. The van der Waals surface area contributed by atoms with Crippen LogP contribution in [0.5, 0.6) is 0 Å². The van der Waals surface area contributed by atoms with Crippen molar-refractivity contribution in [3.05, 3.63) is 218 Å². The lowest BCUT2D eigenvalue weighted by Crippen LogP contribution is -1.97. The summed E-state index contributed by atoms with van der Waals surface area (Å²) in [4.78, 5) is 0. The lowest BCUT2D eigenvalue weighted by Gasteiger charge is -2.16. The van der Waals surface area contributed by atoms with Crippen LogP contribution in [0.25, 0.3) is 132 Å². The fourth-order valence-electron chi connectivity index (χ4n) is 10.9.